The zero-order valence-electron chi connectivity index (χ0n) is 13.1. The van der Waals surface area contributed by atoms with Gasteiger partial charge in [0.15, 0.2) is 5.82 Å². The molecule has 0 saturated heterocycles. The summed E-state index contributed by atoms with van der Waals surface area (Å²) in [5.74, 6) is -0.424. The Morgan fingerprint density at radius 1 is 1.35 bits per heavy atom. The van der Waals surface area contributed by atoms with Crippen LogP contribution in [0.4, 0.5) is 21.2 Å². The van der Waals surface area contributed by atoms with Crippen LogP contribution in [0.3, 0.4) is 0 Å². The Hall–Kier alpha value is -2.78. The molecule has 0 atom stereocenters. The molecule has 10 heteroatoms. The van der Waals surface area contributed by atoms with Crippen LogP contribution in [0.1, 0.15) is 20.8 Å². The summed E-state index contributed by atoms with van der Waals surface area (Å²) < 4.78 is 6.88. The molecule has 2 heterocycles. The molecule has 1 aliphatic heterocycles. The number of anilines is 2. The molecule has 0 bridgehead atoms. The monoisotopic (exact) mass is 325 g/mol. The number of rotatable bonds is 3. The highest BCUT2D eigenvalue weighted by atomic mass is 16.6. The minimum Gasteiger partial charge on any atom is -0.480 e. The molecule has 10 nitrogen and oxygen atoms in total. The highest BCUT2D eigenvalue weighted by molar-refractivity contribution is 5.92. The van der Waals surface area contributed by atoms with E-state index in [0.717, 1.165) is 0 Å². The Kier molecular flexibility index (Phi) is 4.43. The van der Waals surface area contributed by atoms with Crippen LogP contribution in [0.2, 0.25) is 0 Å². The van der Waals surface area contributed by atoms with Crippen LogP contribution < -0.4 is 15.5 Å². The summed E-state index contributed by atoms with van der Waals surface area (Å²) in [6, 6.07) is 0.838. The number of aliphatic carboxylic acids is 1. The first kappa shape index (κ1) is 16.6. The molecule has 0 spiro atoms. The van der Waals surface area contributed by atoms with Crippen molar-refractivity contribution in [2.45, 2.75) is 32.9 Å². The van der Waals surface area contributed by atoms with Gasteiger partial charge in [-0.25, -0.2) is 14.3 Å². The number of urea groups is 1. The van der Waals surface area contributed by atoms with Gasteiger partial charge in [-0.2, -0.15) is 5.10 Å². The predicted molar refractivity (Wildman–Crippen MR) is 80.5 cm³/mol. The van der Waals surface area contributed by atoms with Gasteiger partial charge >= 0.3 is 18.1 Å². The molecule has 1 aromatic heterocycles. The van der Waals surface area contributed by atoms with Gasteiger partial charge in [-0.1, -0.05) is 0 Å². The number of fused-ring (bicyclic) bond motifs is 1. The van der Waals surface area contributed by atoms with E-state index < -0.39 is 30.2 Å². The number of amides is 3. The van der Waals surface area contributed by atoms with Gasteiger partial charge in [0.25, 0.3) is 0 Å². The number of carboxylic acids is 1. The molecule has 0 fully saturated rings. The summed E-state index contributed by atoms with van der Waals surface area (Å²) in [6.07, 6.45) is -0.488. The maximum Gasteiger partial charge on any atom is 0.416 e. The predicted octanol–water partition coefficient (Wildman–Crippen LogP) is 0.844. The fourth-order valence-electron chi connectivity index (χ4n) is 1.98. The molecular weight excluding hydrogens is 306 g/mol. The summed E-state index contributed by atoms with van der Waals surface area (Å²) in [4.78, 5) is 35.4. The maximum absolute atomic E-state index is 12.1. The topological polar surface area (TPSA) is 126 Å². The molecule has 0 unspecified atom stereocenters. The molecule has 3 amide bonds. The van der Waals surface area contributed by atoms with Crippen molar-refractivity contribution in [3.8, 4) is 0 Å². The number of aromatic nitrogens is 2. The van der Waals surface area contributed by atoms with Crippen molar-refractivity contribution in [2.24, 2.45) is 0 Å². The number of carbonyl (C=O) groups excluding carboxylic acids is 2. The molecule has 126 valence electrons. The lowest BCUT2D eigenvalue weighted by Crippen LogP contribution is -2.35. The molecule has 2 rings (SSSR count). The molecule has 0 radical (unpaired) electrons. The van der Waals surface area contributed by atoms with Crippen molar-refractivity contribution >= 4 is 29.7 Å². The number of nitrogens with one attached hydrogen (secondary N) is 2. The van der Waals surface area contributed by atoms with Gasteiger partial charge in [-0.3, -0.25) is 15.0 Å². The second-order valence-electron chi connectivity index (χ2n) is 5.94. The van der Waals surface area contributed by atoms with Crippen LogP contribution in [0.15, 0.2) is 6.07 Å². The SMILES string of the molecule is CC(C)(C)OC(=O)N1CCn2nc(NC(=O)NCC(=O)O)cc21. The molecular formula is C13H19N5O5. The fraction of sp³-hybridized carbons (Fsp3) is 0.538. The average molecular weight is 325 g/mol. The minimum atomic E-state index is -1.15. The van der Waals surface area contributed by atoms with Crippen LogP contribution in [0.25, 0.3) is 0 Å². The number of carbonyl (C=O) groups is 3. The molecule has 0 saturated carbocycles. The number of ether oxygens (including phenoxy) is 1. The highest BCUT2D eigenvalue weighted by Crippen LogP contribution is 2.26. The Morgan fingerprint density at radius 2 is 2.04 bits per heavy atom. The highest BCUT2D eigenvalue weighted by Gasteiger charge is 2.30. The van der Waals surface area contributed by atoms with E-state index in [1.807, 2.05) is 0 Å². The van der Waals surface area contributed by atoms with Crippen molar-refractivity contribution in [2.75, 3.05) is 23.3 Å². The van der Waals surface area contributed by atoms with Gasteiger partial charge in [0.05, 0.1) is 13.1 Å². The Morgan fingerprint density at radius 3 is 2.65 bits per heavy atom. The van der Waals surface area contributed by atoms with Crippen molar-refractivity contribution in [3.05, 3.63) is 6.07 Å². The van der Waals surface area contributed by atoms with Gasteiger partial charge < -0.3 is 15.2 Å². The van der Waals surface area contributed by atoms with E-state index >= 15 is 0 Å². The lowest BCUT2D eigenvalue weighted by Gasteiger charge is -2.23. The van der Waals surface area contributed by atoms with Crippen LogP contribution in [-0.4, -0.2) is 51.7 Å². The first-order valence-corrected chi connectivity index (χ1v) is 7.01. The number of nitrogens with zero attached hydrogens (tertiary/aromatic N) is 3. The Labute approximate surface area is 132 Å². The lowest BCUT2D eigenvalue weighted by atomic mass is 10.2. The van der Waals surface area contributed by atoms with Crippen molar-refractivity contribution < 1.29 is 24.2 Å². The number of carboxylic acid groups (broad SMARTS) is 1. The first-order chi connectivity index (χ1) is 10.7. The zero-order chi connectivity index (χ0) is 17.2. The van der Waals surface area contributed by atoms with Gasteiger partial charge in [0, 0.05) is 6.07 Å². The van der Waals surface area contributed by atoms with Gasteiger partial charge in [-0.15, -0.1) is 0 Å². The lowest BCUT2D eigenvalue weighted by molar-refractivity contribution is -0.135. The van der Waals surface area contributed by atoms with Gasteiger partial charge in [-0.05, 0) is 20.8 Å². The second kappa shape index (κ2) is 6.15. The molecule has 3 N–H and O–H groups in total. The Bertz CT molecular complexity index is 633. The summed E-state index contributed by atoms with van der Waals surface area (Å²) in [5, 5.41) is 17.2. The van der Waals surface area contributed by atoms with Crippen molar-refractivity contribution in [3.63, 3.8) is 0 Å². The van der Waals surface area contributed by atoms with Crippen molar-refractivity contribution in [1.29, 1.82) is 0 Å². The molecule has 0 aromatic carbocycles. The number of hydrogen-bond donors (Lipinski definition) is 3. The third kappa shape index (κ3) is 4.34. The molecule has 1 aliphatic rings. The summed E-state index contributed by atoms with van der Waals surface area (Å²) in [5.41, 5.74) is -0.609. The molecule has 0 aliphatic carbocycles. The van der Waals surface area contributed by atoms with Crippen LogP contribution in [0.5, 0.6) is 0 Å². The van der Waals surface area contributed by atoms with E-state index in [1.165, 1.54) is 11.0 Å². The summed E-state index contributed by atoms with van der Waals surface area (Å²) >= 11 is 0. The summed E-state index contributed by atoms with van der Waals surface area (Å²) in [6.45, 7) is 5.74. The zero-order valence-corrected chi connectivity index (χ0v) is 13.1. The quantitative estimate of drug-likeness (QED) is 0.756. The minimum absolute atomic E-state index is 0.219. The van der Waals surface area contributed by atoms with Crippen LogP contribution in [-0.2, 0) is 16.1 Å². The molecule has 23 heavy (non-hydrogen) atoms. The van der Waals surface area contributed by atoms with Gasteiger partial charge in [0.2, 0.25) is 0 Å². The maximum atomic E-state index is 12.1. The van der Waals surface area contributed by atoms with Crippen LogP contribution in [0, 0.1) is 0 Å². The van der Waals surface area contributed by atoms with E-state index in [4.69, 9.17) is 9.84 Å². The van der Waals surface area contributed by atoms with Crippen LogP contribution >= 0.6 is 0 Å². The van der Waals surface area contributed by atoms with Gasteiger partial charge in [0.1, 0.15) is 18.0 Å². The van der Waals surface area contributed by atoms with E-state index in [2.05, 4.69) is 15.7 Å². The largest absolute Gasteiger partial charge is 0.480 e. The number of hydrogen-bond acceptors (Lipinski definition) is 5. The van der Waals surface area contributed by atoms with Crippen molar-refractivity contribution in [1.82, 2.24) is 15.1 Å². The van der Waals surface area contributed by atoms with E-state index in [1.54, 1.807) is 25.5 Å². The second-order valence-corrected chi connectivity index (χ2v) is 5.94. The normalized spacial score (nSPS) is 13.4. The average Bonchev–Trinajstić information content (AvgIpc) is 2.93. The van der Waals surface area contributed by atoms with E-state index in [9.17, 15) is 14.4 Å². The molecule has 1 aromatic rings. The summed E-state index contributed by atoms with van der Waals surface area (Å²) in [7, 11) is 0. The first-order valence-electron chi connectivity index (χ1n) is 7.01. The van der Waals surface area contributed by atoms with E-state index in [0.29, 0.717) is 18.9 Å². The Balaban J connectivity index is 2.01. The smallest absolute Gasteiger partial charge is 0.416 e. The third-order valence-electron chi connectivity index (χ3n) is 2.83. The van der Waals surface area contributed by atoms with E-state index in [-0.39, 0.29) is 5.82 Å². The third-order valence-corrected chi connectivity index (χ3v) is 2.83. The standard InChI is InChI=1S/C13H19N5O5/c1-13(2,3)23-12(22)17-4-5-18-9(17)6-8(16-18)15-11(21)14-7-10(19)20/h6H,4-5,7H2,1-3H3,(H,19,20)(H2,14,15,16,21). The fourth-order valence-corrected chi connectivity index (χ4v) is 1.98.